The van der Waals surface area contributed by atoms with E-state index in [9.17, 15) is 19.7 Å². The minimum absolute atomic E-state index is 0.131. The molecule has 2 aromatic rings. The highest BCUT2D eigenvalue weighted by molar-refractivity contribution is 6.35. The maximum Gasteiger partial charge on any atom is 0.338 e. The highest BCUT2D eigenvalue weighted by Gasteiger charge is 2.19. The Hall–Kier alpha value is -2.64. The van der Waals surface area contributed by atoms with Crippen molar-refractivity contribution in [1.82, 2.24) is 0 Å². The van der Waals surface area contributed by atoms with Gasteiger partial charge in [-0.15, -0.1) is 0 Å². The third-order valence-corrected chi connectivity index (χ3v) is 3.75. The number of carbonyl (C=O) groups excluding carboxylic acids is 2. The van der Waals surface area contributed by atoms with Gasteiger partial charge in [0.1, 0.15) is 6.61 Å². The molecule has 25 heavy (non-hydrogen) atoms. The second-order valence-corrected chi connectivity index (χ2v) is 5.67. The van der Waals surface area contributed by atoms with Crippen LogP contribution in [0.4, 0.5) is 5.69 Å². The van der Waals surface area contributed by atoms with E-state index in [0.29, 0.717) is 15.6 Å². The van der Waals surface area contributed by atoms with Crippen LogP contribution in [0.3, 0.4) is 0 Å². The predicted octanol–water partition coefficient (Wildman–Crippen LogP) is 4.05. The minimum atomic E-state index is -0.847. The zero-order chi connectivity index (χ0) is 18.6. The number of nitrogens with zero attached hydrogens (tertiary/aromatic N) is 1. The molecule has 0 unspecified atom stereocenters. The van der Waals surface area contributed by atoms with E-state index in [-0.39, 0.29) is 17.7 Å². The quantitative estimate of drug-likeness (QED) is 0.439. The summed E-state index contributed by atoms with van der Waals surface area (Å²) in [6.45, 7) is -0.162. The predicted molar refractivity (Wildman–Crippen MR) is 90.0 cm³/mol. The molecule has 2 aromatic carbocycles. The third kappa shape index (κ3) is 4.68. The first-order valence-electron chi connectivity index (χ1n) is 6.80. The Labute approximate surface area is 152 Å². The molecule has 0 aliphatic rings. The van der Waals surface area contributed by atoms with Gasteiger partial charge in [-0.05, 0) is 18.2 Å². The van der Waals surface area contributed by atoms with Gasteiger partial charge in [0.15, 0.2) is 0 Å². The van der Waals surface area contributed by atoms with Crippen molar-refractivity contribution in [3.05, 3.63) is 73.2 Å². The molecule has 0 aliphatic carbocycles. The van der Waals surface area contributed by atoms with E-state index in [0.717, 1.165) is 25.3 Å². The van der Waals surface area contributed by atoms with Crippen molar-refractivity contribution in [2.24, 2.45) is 0 Å². The molecule has 130 valence electrons. The van der Waals surface area contributed by atoms with Crippen LogP contribution in [0.2, 0.25) is 10.0 Å². The van der Waals surface area contributed by atoms with E-state index < -0.39 is 22.5 Å². The van der Waals surface area contributed by atoms with Gasteiger partial charge < -0.3 is 9.47 Å². The van der Waals surface area contributed by atoms with Gasteiger partial charge in [0.2, 0.25) is 0 Å². The van der Waals surface area contributed by atoms with Crippen LogP contribution in [0.15, 0.2) is 36.4 Å². The van der Waals surface area contributed by atoms with Gasteiger partial charge >= 0.3 is 11.9 Å². The summed E-state index contributed by atoms with van der Waals surface area (Å²) in [6.07, 6.45) is 0. The van der Waals surface area contributed by atoms with Gasteiger partial charge in [0.25, 0.3) is 5.69 Å². The zero-order valence-electron chi connectivity index (χ0n) is 12.8. The van der Waals surface area contributed by atoms with Crippen molar-refractivity contribution < 1.29 is 24.0 Å². The first-order valence-corrected chi connectivity index (χ1v) is 7.56. The molecule has 0 atom stereocenters. The number of benzene rings is 2. The lowest BCUT2D eigenvalue weighted by molar-refractivity contribution is -0.384. The second kappa shape index (κ2) is 7.96. The van der Waals surface area contributed by atoms with E-state index in [1.807, 2.05) is 0 Å². The topological polar surface area (TPSA) is 95.7 Å². The molecule has 9 heteroatoms. The fourth-order valence-electron chi connectivity index (χ4n) is 1.94. The minimum Gasteiger partial charge on any atom is -0.465 e. The van der Waals surface area contributed by atoms with E-state index in [4.69, 9.17) is 27.9 Å². The van der Waals surface area contributed by atoms with Crippen LogP contribution in [-0.2, 0) is 16.1 Å². The first kappa shape index (κ1) is 18.7. The van der Waals surface area contributed by atoms with Crippen LogP contribution in [0.5, 0.6) is 0 Å². The Morgan fingerprint density at radius 2 is 1.72 bits per heavy atom. The van der Waals surface area contributed by atoms with Crippen molar-refractivity contribution in [2.75, 3.05) is 7.11 Å². The molecule has 0 saturated carbocycles. The molecule has 0 heterocycles. The Morgan fingerprint density at radius 3 is 2.28 bits per heavy atom. The summed E-state index contributed by atoms with van der Waals surface area (Å²) in [5, 5.41) is 11.7. The SMILES string of the molecule is COC(=O)c1cc(C(=O)OCc2ccc(Cl)cc2Cl)cc([N+](=O)[O-])c1. The number of rotatable bonds is 5. The lowest BCUT2D eigenvalue weighted by Gasteiger charge is -2.08. The smallest absolute Gasteiger partial charge is 0.338 e. The highest BCUT2D eigenvalue weighted by Crippen LogP contribution is 2.23. The summed E-state index contributed by atoms with van der Waals surface area (Å²) in [4.78, 5) is 34.0. The van der Waals surface area contributed by atoms with Crippen LogP contribution in [0, 0.1) is 10.1 Å². The van der Waals surface area contributed by atoms with E-state index in [1.165, 1.54) is 6.07 Å². The summed E-state index contributed by atoms with van der Waals surface area (Å²) in [5.74, 6) is -1.65. The maximum atomic E-state index is 12.2. The lowest BCUT2D eigenvalue weighted by Crippen LogP contribution is -2.09. The van der Waals surface area contributed by atoms with Crippen molar-refractivity contribution in [1.29, 1.82) is 0 Å². The normalized spacial score (nSPS) is 10.2. The number of nitro benzene ring substituents is 1. The van der Waals surface area contributed by atoms with E-state index in [1.54, 1.807) is 12.1 Å². The number of hydrogen-bond donors (Lipinski definition) is 0. The van der Waals surface area contributed by atoms with Crippen molar-refractivity contribution in [3.8, 4) is 0 Å². The molecule has 0 spiro atoms. The van der Waals surface area contributed by atoms with Gasteiger partial charge in [-0.25, -0.2) is 9.59 Å². The highest BCUT2D eigenvalue weighted by atomic mass is 35.5. The molecule has 0 amide bonds. The molecule has 0 bridgehead atoms. The monoisotopic (exact) mass is 383 g/mol. The zero-order valence-corrected chi connectivity index (χ0v) is 14.3. The summed E-state index contributed by atoms with van der Waals surface area (Å²) < 4.78 is 9.62. The molecule has 0 fully saturated rings. The van der Waals surface area contributed by atoms with Gasteiger partial charge in [0, 0.05) is 27.7 Å². The third-order valence-electron chi connectivity index (χ3n) is 3.16. The molecular weight excluding hydrogens is 373 g/mol. The molecule has 0 radical (unpaired) electrons. The van der Waals surface area contributed by atoms with Gasteiger partial charge in [-0.1, -0.05) is 29.3 Å². The van der Waals surface area contributed by atoms with Crippen LogP contribution in [0.1, 0.15) is 26.3 Å². The molecule has 0 saturated heterocycles. The standard InChI is InChI=1S/C16H11Cl2NO6/c1-24-15(20)10-4-11(6-13(5-10)19(22)23)16(21)25-8-9-2-3-12(17)7-14(9)18/h2-7H,8H2,1H3. The first-order chi connectivity index (χ1) is 11.8. The Bertz CT molecular complexity index is 853. The molecule has 0 aliphatic heterocycles. The number of nitro groups is 1. The molecule has 2 rings (SSSR count). The molecular formula is C16H11Cl2NO6. The Kier molecular flexibility index (Phi) is 5.95. The van der Waals surface area contributed by atoms with Gasteiger partial charge in [-0.2, -0.15) is 0 Å². The lowest BCUT2D eigenvalue weighted by atomic mass is 10.1. The average Bonchev–Trinajstić information content (AvgIpc) is 2.59. The number of carbonyl (C=O) groups is 2. The van der Waals surface area contributed by atoms with Crippen molar-refractivity contribution >= 4 is 40.8 Å². The van der Waals surface area contributed by atoms with Crippen LogP contribution >= 0.6 is 23.2 Å². The van der Waals surface area contributed by atoms with Gasteiger partial charge in [-0.3, -0.25) is 10.1 Å². The van der Waals surface area contributed by atoms with E-state index >= 15 is 0 Å². The molecule has 7 nitrogen and oxygen atoms in total. The average molecular weight is 384 g/mol. The van der Waals surface area contributed by atoms with Crippen LogP contribution < -0.4 is 0 Å². The van der Waals surface area contributed by atoms with Crippen molar-refractivity contribution in [3.63, 3.8) is 0 Å². The Balaban J connectivity index is 2.24. The summed E-state index contributed by atoms with van der Waals surface area (Å²) in [7, 11) is 1.13. The maximum absolute atomic E-state index is 12.2. The number of hydrogen-bond acceptors (Lipinski definition) is 6. The van der Waals surface area contributed by atoms with Crippen LogP contribution in [0.25, 0.3) is 0 Å². The second-order valence-electron chi connectivity index (χ2n) is 4.83. The summed E-state index contributed by atoms with van der Waals surface area (Å²) >= 11 is 11.8. The fraction of sp³-hybridized carbons (Fsp3) is 0.125. The summed E-state index contributed by atoms with van der Waals surface area (Å²) in [5.41, 5.74) is -0.203. The van der Waals surface area contributed by atoms with E-state index in [2.05, 4.69) is 4.74 Å². The van der Waals surface area contributed by atoms with Crippen LogP contribution in [-0.4, -0.2) is 24.0 Å². The number of ether oxygens (including phenoxy) is 2. The van der Waals surface area contributed by atoms with Gasteiger partial charge in [0.05, 0.1) is 23.2 Å². The Morgan fingerprint density at radius 1 is 1.08 bits per heavy atom. The molecule has 0 aromatic heterocycles. The number of non-ortho nitro benzene ring substituents is 1. The fourth-order valence-corrected chi connectivity index (χ4v) is 2.40. The number of halogens is 2. The number of methoxy groups -OCH3 is 1. The van der Waals surface area contributed by atoms with Crippen molar-refractivity contribution in [2.45, 2.75) is 6.61 Å². The largest absolute Gasteiger partial charge is 0.465 e. The number of esters is 2. The molecule has 0 N–H and O–H groups in total. The summed E-state index contributed by atoms with van der Waals surface area (Å²) in [6, 6.07) is 7.85.